The van der Waals surface area contributed by atoms with Crippen LogP contribution in [0.1, 0.15) is 22.3 Å². The van der Waals surface area contributed by atoms with E-state index in [1.165, 1.54) is 17.7 Å². The molecule has 33 heavy (non-hydrogen) atoms. The molecule has 0 aliphatic heterocycles. The van der Waals surface area contributed by atoms with Gasteiger partial charge in [0.05, 0.1) is 16.7 Å². The lowest BCUT2D eigenvalue weighted by molar-refractivity contribution is 0.0955. The third-order valence-corrected chi connectivity index (χ3v) is 5.56. The quantitative estimate of drug-likeness (QED) is 0.377. The third-order valence-electron chi connectivity index (χ3n) is 5.56. The first-order valence-corrected chi connectivity index (χ1v) is 10.8. The molecule has 0 bridgehead atoms. The summed E-state index contributed by atoms with van der Waals surface area (Å²) in [4.78, 5) is 22.6. The number of nitrogens with zero attached hydrogens (tertiary/aromatic N) is 3. The van der Waals surface area contributed by atoms with Crippen LogP contribution in [-0.2, 0) is 6.42 Å². The van der Waals surface area contributed by atoms with Crippen molar-refractivity contribution >= 4 is 33.9 Å². The number of carbonyl (C=O) groups is 1. The minimum Gasteiger partial charge on any atom is -0.384 e. The van der Waals surface area contributed by atoms with Crippen molar-refractivity contribution in [3.05, 3.63) is 95.8 Å². The van der Waals surface area contributed by atoms with Crippen LogP contribution in [0.3, 0.4) is 0 Å². The standard InChI is InChI=1S/C26H22FN5O/c27-18-11-6-12-19(16-18)32-24(28)22(23-25(32)31-21-14-5-4-13-20(21)30-23)26(33)29-15-7-10-17-8-2-1-3-9-17/h1-6,8-9,11-14,16H,7,10,15,28H2,(H,29,33). The maximum absolute atomic E-state index is 14.0. The fourth-order valence-corrected chi connectivity index (χ4v) is 3.99. The number of nitrogen functional groups attached to an aromatic ring is 1. The largest absolute Gasteiger partial charge is 0.384 e. The number of para-hydroxylation sites is 2. The van der Waals surface area contributed by atoms with Crippen LogP contribution in [0, 0.1) is 5.82 Å². The van der Waals surface area contributed by atoms with E-state index in [1.54, 1.807) is 16.7 Å². The van der Waals surface area contributed by atoms with Crippen LogP contribution >= 0.6 is 0 Å². The van der Waals surface area contributed by atoms with Gasteiger partial charge in [0, 0.05) is 6.54 Å². The molecule has 6 nitrogen and oxygen atoms in total. The van der Waals surface area contributed by atoms with E-state index in [9.17, 15) is 9.18 Å². The minimum absolute atomic E-state index is 0.173. The van der Waals surface area contributed by atoms with E-state index < -0.39 is 5.82 Å². The number of nitrogens with one attached hydrogen (secondary N) is 1. The van der Waals surface area contributed by atoms with Gasteiger partial charge in [-0.15, -0.1) is 0 Å². The molecule has 0 saturated heterocycles. The number of hydrogen-bond donors (Lipinski definition) is 2. The summed E-state index contributed by atoms with van der Waals surface area (Å²) >= 11 is 0. The molecule has 164 valence electrons. The highest BCUT2D eigenvalue weighted by molar-refractivity contribution is 6.11. The van der Waals surface area contributed by atoms with Crippen molar-refractivity contribution in [2.75, 3.05) is 12.3 Å². The van der Waals surface area contributed by atoms with Gasteiger partial charge in [-0.3, -0.25) is 9.36 Å². The van der Waals surface area contributed by atoms with E-state index in [4.69, 9.17) is 10.7 Å². The molecule has 0 aliphatic carbocycles. The van der Waals surface area contributed by atoms with Crippen LogP contribution < -0.4 is 11.1 Å². The van der Waals surface area contributed by atoms with Gasteiger partial charge in [0.25, 0.3) is 5.91 Å². The first-order valence-electron chi connectivity index (χ1n) is 10.8. The van der Waals surface area contributed by atoms with Crippen LogP contribution in [0.15, 0.2) is 78.9 Å². The lowest BCUT2D eigenvalue weighted by Gasteiger charge is -2.08. The Kier molecular flexibility index (Phi) is 5.44. The average Bonchev–Trinajstić information content (AvgIpc) is 3.11. The summed E-state index contributed by atoms with van der Waals surface area (Å²) in [6.45, 7) is 0.487. The summed E-state index contributed by atoms with van der Waals surface area (Å²) in [5.41, 5.74) is 10.5. The number of aromatic nitrogens is 3. The van der Waals surface area contributed by atoms with E-state index in [0.717, 1.165) is 12.8 Å². The molecule has 7 heteroatoms. The predicted octanol–water partition coefficient (Wildman–Crippen LogP) is 4.66. The minimum atomic E-state index is -0.408. The van der Waals surface area contributed by atoms with Gasteiger partial charge in [-0.2, -0.15) is 0 Å². The molecule has 0 atom stereocenters. The van der Waals surface area contributed by atoms with Crippen molar-refractivity contribution < 1.29 is 9.18 Å². The number of benzene rings is 3. The molecule has 0 unspecified atom stereocenters. The van der Waals surface area contributed by atoms with Crippen molar-refractivity contribution in [1.29, 1.82) is 0 Å². The Morgan fingerprint density at radius 1 is 0.939 bits per heavy atom. The van der Waals surface area contributed by atoms with Crippen LogP contribution in [0.2, 0.25) is 0 Å². The predicted molar refractivity (Wildman–Crippen MR) is 128 cm³/mol. The van der Waals surface area contributed by atoms with Crippen LogP contribution in [0.4, 0.5) is 10.2 Å². The van der Waals surface area contributed by atoms with Crippen molar-refractivity contribution in [1.82, 2.24) is 19.9 Å². The van der Waals surface area contributed by atoms with E-state index in [2.05, 4.69) is 22.4 Å². The summed E-state index contributed by atoms with van der Waals surface area (Å²) in [5, 5.41) is 2.95. The van der Waals surface area contributed by atoms with Crippen LogP contribution in [0.25, 0.3) is 27.9 Å². The van der Waals surface area contributed by atoms with Gasteiger partial charge < -0.3 is 11.1 Å². The molecule has 2 heterocycles. The van der Waals surface area contributed by atoms with Gasteiger partial charge in [0.1, 0.15) is 22.7 Å². The van der Waals surface area contributed by atoms with Crippen molar-refractivity contribution in [3.63, 3.8) is 0 Å². The van der Waals surface area contributed by atoms with Gasteiger partial charge in [-0.25, -0.2) is 14.4 Å². The number of hydrogen-bond acceptors (Lipinski definition) is 4. The normalized spacial score (nSPS) is 11.2. The van der Waals surface area contributed by atoms with E-state index >= 15 is 0 Å². The molecule has 2 aromatic heterocycles. The molecule has 3 aromatic carbocycles. The number of halogens is 1. The lowest BCUT2D eigenvalue weighted by Crippen LogP contribution is -2.25. The average molecular weight is 439 g/mol. The zero-order valence-electron chi connectivity index (χ0n) is 17.8. The van der Waals surface area contributed by atoms with Gasteiger partial charge in [0.15, 0.2) is 5.65 Å². The topological polar surface area (TPSA) is 85.8 Å². The summed E-state index contributed by atoms with van der Waals surface area (Å²) in [6, 6.07) is 23.5. The molecule has 0 aliphatic rings. The molecule has 1 amide bonds. The number of fused-ring (bicyclic) bond motifs is 2. The van der Waals surface area contributed by atoms with Crippen molar-refractivity contribution in [3.8, 4) is 5.69 Å². The second-order valence-corrected chi connectivity index (χ2v) is 7.81. The summed E-state index contributed by atoms with van der Waals surface area (Å²) in [5.74, 6) is -0.564. The molecule has 5 rings (SSSR count). The highest BCUT2D eigenvalue weighted by Crippen LogP contribution is 2.31. The zero-order valence-corrected chi connectivity index (χ0v) is 17.8. The Labute approximate surface area is 189 Å². The smallest absolute Gasteiger partial charge is 0.257 e. The summed E-state index contributed by atoms with van der Waals surface area (Å²) in [6.07, 6.45) is 1.64. The first-order chi connectivity index (χ1) is 16.1. The monoisotopic (exact) mass is 439 g/mol. The number of anilines is 1. The zero-order chi connectivity index (χ0) is 22.8. The van der Waals surface area contributed by atoms with Gasteiger partial charge in [-0.05, 0) is 48.7 Å². The molecule has 0 saturated carbocycles. The number of amides is 1. The highest BCUT2D eigenvalue weighted by Gasteiger charge is 2.24. The Morgan fingerprint density at radius 3 is 2.42 bits per heavy atom. The van der Waals surface area contributed by atoms with Crippen molar-refractivity contribution in [2.24, 2.45) is 0 Å². The summed E-state index contributed by atoms with van der Waals surface area (Å²) < 4.78 is 15.6. The third kappa shape index (κ3) is 4.01. The molecular weight excluding hydrogens is 417 g/mol. The Morgan fingerprint density at radius 2 is 1.67 bits per heavy atom. The van der Waals surface area contributed by atoms with E-state index in [-0.39, 0.29) is 17.3 Å². The van der Waals surface area contributed by atoms with Crippen molar-refractivity contribution in [2.45, 2.75) is 12.8 Å². The highest BCUT2D eigenvalue weighted by atomic mass is 19.1. The van der Waals surface area contributed by atoms with Gasteiger partial charge >= 0.3 is 0 Å². The molecule has 0 spiro atoms. The van der Waals surface area contributed by atoms with E-state index in [0.29, 0.717) is 34.4 Å². The number of rotatable bonds is 6. The fraction of sp³-hybridized carbons (Fsp3) is 0.115. The number of carbonyl (C=O) groups excluding carboxylic acids is 1. The summed E-state index contributed by atoms with van der Waals surface area (Å²) in [7, 11) is 0. The Bertz CT molecular complexity index is 1460. The maximum atomic E-state index is 14.0. The molecule has 0 radical (unpaired) electrons. The van der Waals surface area contributed by atoms with E-state index in [1.807, 2.05) is 42.5 Å². The Balaban J connectivity index is 1.52. The van der Waals surface area contributed by atoms with Crippen LogP contribution in [-0.4, -0.2) is 27.0 Å². The maximum Gasteiger partial charge on any atom is 0.257 e. The van der Waals surface area contributed by atoms with Crippen LogP contribution in [0.5, 0.6) is 0 Å². The second-order valence-electron chi connectivity index (χ2n) is 7.81. The Hall–Kier alpha value is -4.26. The number of nitrogens with two attached hydrogens (primary N) is 1. The molecule has 5 aromatic rings. The molecule has 0 fully saturated rings. The number of aryl methyl sites for hydroxylation is 1. The van der Waals surface area contributed by atoms with Gasteiger partial charge in [0.2, 0.25) is 0 Å². The molecular formula is C26H22FN5O. The molecule has 3 N–H and O–H groups in total. The first kappa shape index (κ1) is 20.6. The SMILES string of the molecule is Nc1c(C(=O)NCCCc2ccccc2)c2nc3ccccc3nc2n1-c1cccc(F)c1. The lowest BCUT2D eigenvalue weighted by atomic mass is 10.1. The second kappa shape index (κ2) is 8.70. The van der Waals surface area contributed by atoms with Gasteiger partial charge in [-0.1, -0.05) is 48.5 Å². The fourth-order valence-electron chi connectivity index (χ4n) is 3.99.